The molecule has 1 fully saturated rings. The SMILES string of the molecule is C[C@@H]1CCN(C(=O)CN)C[C@@H]1NC(=O)OC(C)(C)C. The first-order valence-corrected chi connectivity index (χ1v) is 6.70. The molecule has 110 valence electrons. The number of nitrogens with zero attached hydrogens (tertiary/aromatic N) is 1. The number of likely N-dealkylation sites (tertiary alicyclic amines) is 1. The molecule has 0 spiro atoms. The topological polar surface area (TPSA) is 84.7 Å². The van der Waals surface area contributed by atoms with Crippen LogP contribution in [0.5, 0.6) is 0 Å². The summed E-state index contributed by atoms with van der Waals surface area (Å²) in [5.41, 5.74) is 4.85. The van der Waals surface area contributed by atoms with Gasteiger partial charge in [0.1, 0.15) is 5.60 Å². The van der Waals surface area contributed by atoms with Gasteiger partial charge in [0.25, 0.3) is 0 Å². The Morgan fingerprint density at radius 1 is 1.42 bits per heavy atom. The first-order chi connectivity index (χ1) is 8.73. The molecular formula is C13H25N3O3. The number of carbonyl (C=O) groups excluding carboxylic acids is 2. The summed E-state index contributed by atoms with van der Waals surface area (Å²) in [5, 5.41) is 2.84. The quantitative estimate of drug-likeness (QED) is 0.774. The van der Waals surface area contributed by atoms with Gasteiger partial charge >= 0.3 is 6.09 Å². The molecular weight excluding hydrogens is 246 g/mol. The van der Waals surface area contributed by atoms with Crippen molar-refractivity contribution in [2.75, 3.05) is 19.6 Å². The van der Waals surface area contributed by atoms with Gasteiger partial charge in [-0.3, -0.25) is 4.79 Å². The highest BCUT2D eigenvalue weighted by molar-refractivity contribution is 5.78. The largest absolute Gasteiger partial charge is 0.444 e. The number of carbonyl (C=O) groups is 2. The monoisotopic (exact) mass is 271 g/mol. The minimum absolute atomic E-state index is 0.00748. The number of alkyl carbamates (subject to hydrolysis) is 1. The second-order valence-electron chi connectivity index (χ2n) is 6.06. The third kappa shape index (κ3) is 5.06. The van der Waals surface area contributed by atoms with E-state index in [9.17, 15) is 9.59 Å². The summed E-state index contributed by atoms with van der Waals surface area (Å²) >= 11 is 0. The molecule has 1 rings (SSSR count). The fourth-order valence-corrected chi connectivity index (χ4v) is 2.07. The Hall–Kier alpha value is -1.30. The lowest BCUT2D eigenvalue weighted by molar-refractivity contribution is -0.131. The number of hydrogen-bond donors (Lipinski definition) is 2. The van der Waals surface area contributed by atoms with Gasteiger partial charge in [-0.1, -0.05) is 6.92 Å². The van der Waals surface area contributed by atoms with Crippen LogP contribution in [-0.2, 0) is 9.53 Å². The molecule has 0 saturated carbocycles. The maximum atomic E-state index is 11.8. The van der Waals surface area contributed by atoms with Crippen LogP contribution < -0.4 is 11.1 Å². The van der Waals surface area contributed by atoms with Gasteiger partial charge in [-0.25, -0.2) is 4.79 Å². The van der Waals surface area contributed by atoms with Gasteiger partial charge < -0.3 is 20.7 Å². The predicted octanol–water partition coefficient (Wildman–Crippen LogP) is 0.707. The molecule has 1 heterocycles. The lowest BCUT2D eigenvalue weighted by Gasteiger charge is -2.37. The minimum Gasteiger partial charge on any atom is -0.444 e. The van der Waals surface area contributed by atoms with Crippen molar-refractivity contribution in [1.82, 2.24) is 10.2 Å². The molecule has 0 radical (unpaired) electrons. The van der Waals surface area contributed by atoms with Crippen molar-refractivity contribution >= 4 is 12.0 Å². The van der Waals surface area contributed by atoms with Crippen molar-refractivity contribution in [1.29, 1.82) is 0 Å². The van der Waals surface area contributed by atoms with Crippen molar-refractivity contribution in [3.05, 3.63) is 0 Å². The van der Waals surface area contributed by atoms with Crippen LogP contribution in [0.2, 0.25) is 0 Å². The van der Waals surface area contributed by atoms with E-state index in [1.807, 2.05) is 20.8 Å². The Morgan fingerprint density at radius 2 is 2.05 bits per heavy atom. The standard InChI is InChI=1S/C13H25N3O3/c1-9-5-6-16(11(17)7-14)8-10(9)15-12(18)19-13(2,3)4/h9-10H,5-8,14H2,1-4H3,(H,15,18)/t9-,10+/m1/s1. The number of rotatable bonds is 2. The lowest BCUT2D eigenvalue weighted by atomic mass is 9.93. The Balaban J connectivity index is 2.55. The average Bonchev–Trinajstić information content (AvgIpc) is 2.28. The Kier molecular flexibility index (Phi) is 5.17. The highest BCUT2D eigenvalue weighted by Gasteiger charge is 2.30. The molecule has 1 aliphatic heterocycles. The fourth-order valence-electron chi connectivity index (χ4n) is 2.07. The van der Waals surface area contributed by atoms with Crippen LogP contribution >= 0.6 is 0 Å². The van der Waals surface area contributed by atoms with E-state index in [1.165, 1.54) is 0 Å². The number of piperidine rings is 1. The molecule has 0 bridgehead atoms. The first kappa shape index (κ1) is 15.8. The zero-order valence-electron chi connectivity index (χ0n) is 12.2. The summed E-state index contributed by atoms with van der Waals surface area (Å²) in [6, 6.07) is -0.0842. The van der Waals surface area contributed by atoms with Gasteiger partial charge in [0.2, 0.25) is 5.91 Å². The summed E-state index contributed by atoms with van der Waals surface area (Å²) in [5.74, 6) is 0.234. The van der Waals surface area contributed by atoms with E-state index >= 15 is 0 Å². The number of nitrogens with one attached hydrogen (secondary N) is 1. The van der Waals surface area contributed by atoms with Crippen LogP contribution in [0.1, 0.15) is 34.1 Å². The number of nitrogens with two attached hydrogens (primary N) is 1. The molecule has 3 N–H and O–H groups in total. The van der Waals surface area contributed by atoms with E-state index in [0.717, 1.165) is 6.42 Å². The molecule has 0 unspecified atom stereocenters. The number of amides is 2. The van der Waals surface area contributed by atoms with Crippen LogP contribution in [-0.4, -0.2) is 48.2 Å². The summed E-state index contributed by atoms with van der Waals surface area (Å²) in [7, 11) is 0. The number of hydrogen-bond acceptors (Lipinski definition) is 4. The summed E-state index contributed by atoms with van der Waals surface area (Å²) < 4.78 is 5.23. The van der Waals surface area contributed by atoms with Crippen LogP contribution in [0.15, 0.2) is 0 Å². The van der Waals surface area contributed by atoms with Gasteiger partial charge in [-0.2, -0.15) is 0 Å². The van der Waals surface area contributed by atoms with Crippen molar-refractivity contribution < 1.29 is 14.3 Å². The third-order valence-electron chi connectivity index (χ3n) is 3.19. The molecule has 1 saturated heterocycles. The van der Waals surface area contributed by atoms with Crippen molar-refractivity contribution in [3.8, 4) is 0 Å². The average molecular weight is 271 g/mol. The molecule has 0 aliphatic carbocycles. The normalized spacial score (nSPS) is 23.9. The van der Waals surface area contributed by atoms with Crippen molar-refractivity contribution in [3.63, 3.8) is 0 Å². The lowest BCUT2D eigenvalue weighted by Crippen LogP contribution is -2.55. The van der Waals surface area contributed by atoms with Crippen LogP contribution in [0.4, 0.5) is 4.79 Å². The highest BCUT2D eigenvalue weighted by atomic mass is 16.6. The molecule has 19 heavy (non-hydrogen) atoms. The van der Waals surface area contributed by atoms with E-state index in [2.05, 4.69) is 12.2 Å². The second kappa shape index (κ2) is 6.23. The van der Waals surface area contributed by atoms with Crippen LogP contribution in [0.25, 0.3) is 0 Å². The molecule has 0 aromatic heterocycles. The van der Waals surface area contributed by atoms with E-state index in [1.54, 1.807) is 4.90 Å². The zero-order chi connectivity index (χ0) is 14.6. The van der Waals surface area contributed by atoms with Gasteiger partial charge in [-0.05, 0) is 33.1 Å². The summed E-state index contributed by atoms with van der Waals surface area (Å²) in [6.07, 6.45) is 0.415. The number of ether oxygens (including phenoxy) is 1. The van der Waals surface area contributed by atoms with E-state index in [0.29, 0.717) is 19.0 Å². The van der Waals surface area contributed by atoms with E-state index < -0.39 is 11.7 Å². The third-order valence-corrected chi connectivity index (χ3v) is 3.19. The smallest absolute Gasteiger partial charge is 0.407 e. The van der Waals surface area contributed by atoms with Crippen LogP contribution in [0.3, 0.4) is 0 Å². The van der Waals surface area contributed by atoms with Crippen LogP contribution in [0, 0.1) is 5.92 Å². The van der Waals surface area contributed by atoms with Crippen molar-refractivity contribution in [2.45, 2.75) is 45.8 Å². The molecule has 1 aliphatic rings. The maximum absolute atomic E-state index is 11.8. The zero-order valence-corrected chi connectivity index (χ0v) is 12.2. The predicted molar refractivity (Wildman–Crippen MR) is 72.6 cm³/mol. The van der Waals surface area contributed by atoms with Gasteiger partial charge in [-0.15, -0.1) is 0 Å². The Labute approximate surface area is 114 Å². The molecule has 2 amide bonds. The molecule has 6 nitrogen and oxygen atoms in total. The van der Waals surface area contributed by atoms with E-state index in [-0.39, 0.29) is 18.5 Å². The van der Waals surface area contributed by atoms with Gasteiger partial charge in [0.05, 0.1) is 12.6 Å². The maximum Gasteiger partial charge on any atom is 0.407 e. The van der Waals surface area contributed by atoms with Crippen molar-refractivity contribution in [2.24, 2.45) is 11.7 Å². The first-order valence-electron chi connectivity index (χ1n) is 6.70. The second-order valence-corrected chi connectivity index (χ2v) is 6.06. The minimum atomic E-state index is -0.519. The summed E-state index contributed by atoms with van der Waals surface area (Å²) in [4.78, 5) is 25.0. The van der Waals surface area contributed by atoms with Gasteiger partial charge in [0.15, 0.2) is 0 Å². The molecule has 0 aromatic rings. The van der Waals surface area contributed by atoms with E-state index in [4.69, 9.17) is 10.5 Å². The fraction of sp³-hybridized carbons (Fsp3) is 0.846. The Bertz CT molecular complexity index is 339. The molecule has 2 atom stereocenters. The highest BCUT2D eigenvalue weighted by Crippen LogP contribution is 2.18. The molecule has 0 aromatic carbocycles. The Morgan fingerprint density at radius 3 is 2.58 bits per heavy atom. The van der Waals surface area contributed by atoms with Gasteiger partial charge in [0, 0.05) is 13.1 Å². The summed E-state index contributed by atoms with van der Waals surface area (Å²) in [6.45, 7) is 8.73. The molecule has 6 heteroatoms.